The predicted molar refractivity (Wildman–Crippen MR) is 124 cm³/mol. The smallest absolute Gasteiger partial charge is 0.255 e. The Morgan fingerprint density at radius 1 is 1.19 bits per heavy atom. The van der Waals surface area contributed by atoms with Gasteiger partial charge >= 0.3 is 0 Å². The Hall–Kier alpha value is -1.74. The largest absolute Gasteiger partial charge is 0.396 e. The second-order valence-electron chi connectivity index (χ2n) is 7.79. The third-order valence-corrected chi connectivity index (χ3v) is 6.70. The summed E-state index contributed by atoms with van der Waals surface area (Å²) in [5.41, 5.74) is 0.0793. The number of nitrogens with one attached hydrogen (secondary N) is 2. The molecule has 2 atom stereocenters. The number of aliphatic hydroxyl groups excluding tert-OH is 1. The van der Waals surface area contributed by atoms with Gasteiger partial charge in [-0.3, -0.25) is 4.79 Å². The maximum absolute atomic E-state index is 13.4. The van der Waals surface area contributed by atoms with Gasteiger partial charge in [0.1, 0.15) is 0 Å². The zero-order valence-electron chi connectivity index (χ0n) is 18.1. The first-order valence-electron chi connectivity index (χ1n) is 10.4. The molecule has 9 heteroatoms. The van der Waals surface area contributed by atoms with Gasteiger partial charge in [-0.05, 0) is 62.9 Å². The SMILES string of the molecule is CNCC(C)CC(CCCO)CSc1cc(C(=O)Nc2cc(F)c(F)c(F)c2)ccc1Cl. The lowest BCUT2D eigenvalue weighted by Crippen LogP contribution is -2.20. The van der Waals surface area contributed by atoms with E-state index in [1.165, 1.54) is 17.8 Å². The summed E-state index contributed by atoms with van der Waals surface area (Å²) in [5.74, 6) is -3.32. The highest BCUT2D eigenvalue weighted by molar-refractivity contribution is 7.99. The molecule has 0 fully saturated rings. The van der Waals surface area contributed by atoms with Crippen LogP contribution in [0.1, 0.15) is 36.5 Å². The van der Waals surface area contributed by atoms with Crippen LogP contribution >= 0.6 is 23.4 Å². The summed E-state index contributed by atoms with van der Waals surface area (Å²) in [5, 5.41) is 15.2. The molecule has 0 aliphatic rings. The minimum atomic E-state index is -1.59. The van der Waals surface area contributed by atoms with E-state index in [9.17, 15) is 23.1 Å². The molecule has 32 heavy (non-hydrogen) atoms. The zero-order chi connectivity index (χ0) is 23.7. The van der Waals surface area contributed by atoms with Crippen molar-refractivity contribution >= 4 is 35.0 Å². The fourth-order valence-corrected chi connectivity index (χ4v) is 4.86. The van der Waals surface area contributed by atoms with Gasteiger partial charge < -0.3 is 15.7 Å². The summed E-state index contributed by atoms with van der Waals surface area (Å²) in [6, 6.07) is 6.17. The number of halogens is 4. The second kappa shape index (κ2) is 13.1. The number of benzene rings is 2. The van der Waals surface area contributed by atoms with Gasteiger partial charge in [0.15, 0.2) is 17.5 Å². The number of hydrogen-bond acceptors (Lipinski definition) is 4. The lowest BCUT2D eigenvalue weighted by molar-refractivity contribution is 0.102. The van der Waals surface area contributed by atoms with Crippen LogP contribution in [0.25, 0.3) is 0 Å². The van der Waals surface area contributed by atoms with E-state index in [0.29, 0.717) is 21.8 Å². The number of aliphatic hydroxyl groups is 1. The normalized spacial score (nSPS) is 13.1. The molecule has 2 unspecified atom stereocenters. The van der Waals surface area contributed by atoms with Crippen LogP contribution < -0.4 is 10.6 Å². The Kier molecular flexibility index (Phi) is 10.8. The predicted octanol–water partition coefficient (Wildman–Crippen LogP) is 5.74. The lowest BCUT2D eigenvalue weighted by Gasteiger charge is -2.21. The van der Waals surface area contributed by atoms with Crippen LogP contribution in [0.2, 0.25) is 5.02 Å². The number of hydrogen-bond donors (Lipinski definition) is 3. The van der Waals surface area contributed by atoms with Crippen LogP contribution in [0.5, 0.6) is 0 Å². The van der Waals surface area contributed by atoms with Gasteiger partial charge in [-0.2, -0.15) is 0 Å². The lowest BCUT2D eigenvalue weighted by atomic mass is 9.93. The molecule has 2 aromatic carbocycles. The molecule has 0 heterocycles. The number of amides is 1. The number of carbonyl (C=O) groups is 1. The van der Waals surface area contributed by atoms with Crippen LogP contribution in [0, 0.1) is 29.3 Å². The van der Waals surface area contributed by atoms with Gasteiger partial charge in [0.25, 0.3) is 5.91 Å². The maximum Gasteiger partial charge on any atom is 0.255 e. The molecule has 0 saturated carbocycles. The fraction of sp³-hybridized carbons (Fsp3) is 0.435. The fourth-order valence-electron chi connectivity index (χ4n) is 3.44. The molecular formula is C23H28ClF3N2O2S. The molecule has 4 nitrogen and oxygen atoms in total. The molecule has 176 valence electrons. The molecule has 1 amide bonds. The summed E-state index contributed by atoms with van der Waals surface area (Å²) < 4.78 is 39.9. The van der Waals surface area contributed by atoms with Crippen LogP contribution in [0.3, 0.4) is 0 Å². The first-order chi connectivity index (χ1) is 15.2. The van der Waals surface area contributed by atoms with E-state index in [4.69, 9.17) is 11.6 Å². The molecule has 0 aliphatic carbocycles. The monoisotopic (exact) mass is 488 g/mol. The van der Waals surface area contributed by atoms with Crippen molar-refractivity contribution in [1.82, 2.24) is 5.32 Å². The molecule has 2 rings (SSSR count). The summed E-state index contributed by atoms with van der Waals surface area (Å²) in [6.45, 7) is 3.22. The number of carbonyl (C=O) groups excluding carboxylic acids is 1. The summed E-state index contributed by atoms with van der Waals surface area (Å²) in [7, 11) is 1.92. The Labute approximate surface area is 195 Å². The molecule has 0 saturated heterocycles. The molecule has 0 spiro atoms. The Morgan fingerprint density at radius 2 is 1.88 bits per heavy atom. The average molecular weight is 489 g/mol. The Balaban J connectivity index is 2.09. The van der Waals surface area contributed by atoms with Gasteiger partial charge in [-0.25, -0.2) is 13.2 Å². The highest BCUT2D eigenvalue weighted by Crippen LogP contribution is 2.32. The van der Waals surface area contributed by atoms with Crippen LogP contribution in [-0.4, -0.2) is 37.0 Å². The van der Waals surface area contributed by atoms with Gasteiger partial charge in [-0.15, -0.1) is 11.8 Å². The molecule has 3 N–H and O–H groups in total. The van der Waals surface area contributed by atoms with Crippen molar-refractivity contribution in [3.63, 3.8) is 0 Å². The maximum atomic E-state index is 13.4. The summed E-state index contributed by atoms with van der Waals surface area (Å²) in [4.78, 5) is 13.3. The summed E-state index contributed by atoms with van der Waals surface area (Å²) in [6.07, 6.45) is 2.60. The number of anilines is 1. The van der Waals surface area contributed by atoms with E-state index in [1.807, 2.05) is 7.05 Å². The van der Waals surface area contributed by atoms with Crippen molar-refractivity contribution in [3.8, 4) is 0 Å². The molecular weight excluding hydrogens is 461 g/mol. The number of rotatable bonds is 12. The number of thioether (sulfide) groups is 1. The van der Waals surface area contributed by atoms with Crippen LogP contribution in [-0.2, 0) is 0 Å². The van der Waals surface area contributed by atoms with Crippen molar-refractivity contribution in [3.05, 3.63) is 58.4 Å². The molecule has 2 aromatic rings. The Morgan fingerprint density at radius 3 is 2.50 bits per heavy atom. The van der Waals surface area contributed by atoms with Gasteiger partial charge in [0, 0.05) is 40.6 Å². The highest BCUT2D eigenvalue weighted by Gasteiger charge is 2.17. The zero-order valence-corrected chi connectivity index (χ0v) is 19.6. The topological polar surface area (TPSA) is 61.4 Å². The van der Waals surface area contributed by atoms with Crippen LogP contribution in [0.4, 0.5) is 18.9 Å². The average Bonchev–Trinajstić information content (AvgIpc) is 2.74. The molecule has 0 bridgehead atoms. The van der Waals surface area contributed by atoms with Crippen molar-refractivity contribution in [2.75, 3.05) is 31.3 Å². The minimum absolute atomic E-state index is 0.141. The van der Waals surface area contributed by atoms with Crippen LogP contribution in [0.15, 0.2) is 35.2 Å². The van der Waals surface area contributed by atoms with Crippen molar-refractivity contribution < 1.29 is 23.1 Å². The van der Waals surface area contributed by atoms with E-state index in [0.717, 1.165) is 43.7 Å². The van der Waals surface area contributed by atoms with Crippen molar-refractivity contribution in [2.24, 2.45) is 11.8 Å². The van der Waals surface area contributed by atoms with E-state index in [2.05, 4.69) is 17.6 Å². The van der Waals surface area contributed by atoms with Crippen molar-refractivity contribution in [2.45, 2.75) is 31.1 Å². The first kappa shape index (κ1) is 26.5. The quantitative estimate of drug-likeness (QED) is 0.263. The second-order valence-corrected chi connectivity index (χ2v) is 9.26. The molecule has 0 radical (unpaired) electrons. The Bertz CT molecular complexity index is 894. The van der Waals surface area contributed by atoms with Crippen molar-refractivity contribution in [1.29, 1.82) is 0 Å². The third-order valence-electron chi connectivity index (χ3n) is 4.97. The molecule has 0 aromatic heterocycles. The van der Waals surface area contributed by atoms with E-state index in [1.54, 1.807) is 12.1 Å². The van der Waals surface area contributed by atoms with Gasteiger partial charge in [0.05, 0.1) is 5.02 Å². The highest BCUT2D eigenvalue weighted by atomic mass is 35.5. The first-order valence-corrected chi connectivity index (χ1v) is 11.7. The van der Waals surface area contributed by atoms with Gasteiger partial charge in [0.2, 0.25) is 0 Å². The summed E-state index contributed by atoms with van der Waals surface area (Å²) >= 11 is 7.85. The van der Waals surface area contributed by atoms with E-state index < -0.39 is 23.4 Å². The minimum Gasteiger partial charge on any atom is -0.396 e. The van der Waals surface area contributed by atoms with E-state index >= 15 is 0 Å². The van der Waals surface area contributed by atoms with Gasteiger partial charge in [-0.1, -0.05) is 18.5 Å². The van der Waals surface area contributed by atoms with E-state index in [-0.39, 0.29) is 17.9 Å². The standard InChI is InChI=1S/C23H28ClF3N2O2S/c1-14(12-28-2)8-15(4-3-7-30)13-32-21-9-16(5-6-18(21)24)23(31)29-17-10-19(25)22(27)20(26)11-17/h5-6,9-11,14-15,28,30H,3-4,7-8,12-13H2,1-2H3,(H,29,31). The molecule has 0 aliphatic heterocycles. The third kappa shape index (κ3) is 7.99.